The number of halogens is 4. The highest BCUT2D eigenvalue weighted by Gasteiger charge is 2.25. The molecule has 0 aliphatic heterocycles. The van der Waals surface area contributed by atoms with E-state index >= 15 is 0 Å². The van der Waals surface area contributed by atoms with E-state index in [4.69, 9.17) is 5.73 Å². The maximum atomic E-state index is 12.0. The summed E-state index contributed by atoms with van der Waals surface area (Å²) in [6, 6.07) is 6.10. The Morgan fingerprint density at radius 2 is 1.91 bits per heavy atom. The number of aryl methyl sites for hydroxylation is 2. The normalized spacial score (nSPS) is 14.4. The average Bonchev–Trinajstić information content (AvgIpc) is 2.84. The number of benzene rings is 1. The SMILES string of the molecule is I.NC(=NCCCCC(F)(F)F)Nc1ccc2c(c1)CCC2. The Hall–Kier alpha value is -0.990. The van der Waals surface area contributed by atoms with Gasteiger partial charge in [0.25, 0.3) is 0 Å². The minimum absolute atomic E-state index is 0. The van der Waals surface area contributed by atoms with Gasteiger partial charge < -0.3 is 11.1 Å². The molecule has 0 radical (unpaired) electrons. The van der Waals surface area contributed by atoms with Crippen molar-refractivity contribution in [2.75, 3.05) is 11.9 Å². The van der Waals surface area contributed by atoms with E-state index < -0.39 is 12.6 Å². The number of guanidine groups is 1. The fraction of sp³-hybridized carbons (Fsp3) is 0.533. The first-order valence-corrected chi connectivity index (χ1v) is 7.19. The van der Waals surface area contributed by atoms with E-state index in [0.29, 0.717) is 13.0 Å². The third kappa shape index (κ3) is 6.41. The van der Waals surface area contributed by atoms with Gasteiger partial charge in [0, 0.05) is 18.7 Å². The summed E-state index contributed by atoms with van der Waals surface area (Å²) in [4.78, 5) is 4.05. The molecule has 3 N–H and O–H groups in total. The van der Waals surface area contributed by atoms with Crippen LogP contribution in [0.3, 0.4) is 0 Å². The van der Waals surface area contributed by atoms with Crippen LogP contribution in [0, 0.1) is 0 Å². The van der Waals surface area contributed by atoms with Crippen LogP contribution < -0.4 is 11.1 Å². The summed E-state index contributed by atoms with van der Waals surface area (Å²) in [7, 11) is 0. The van der Waals surface area contributed by atoms with Crippen LogP contribution in [-0.2, 0) is 12.8 Å². The number of nitrogens with zero attached hydrogens (tertiary/aromatic N) is 1. The molecule has 1 aliphatic carbocycles. The molecule has 0 atom stereocenters. The van der Waals surface area contributed by atoms with Gasteiger partial charge >= 0.3 is 6.18 Å². The molecule has 0 heterocycles. The quantitative estimate of drug-likeness (QED) is 0.320. The van der Waals surface area contributed by atoms with E-state index in [0.717, 1.165) is 18.5 Å². The third-order valence-corrected chi connectivity index (χ3v) is 3.52. The summed E-state index contributed by atoms with van der Waals surface area (Å²) in [5, 5.41) is 2.98. The molecule has 0 amide bonds. The van der Waals surface area contributed by atoms with Crippen molar-refractivity contribution in [1.82, 2.24) is 0 Å². The largest absolute Gasteiger partial charge is 0.389 e. The number of nitrogens with one attached hydrogen (secondary N) is 1. The molecule has 0 fully saturated rings. The van der Waals surface area contributed by atoms with E-state index in [1.165, 1.54) is 17.5 Å². The number of aliphatic imine (C=N–C) groups is 1. The lowest BCUT2D eigenvalue weighted by Crippen LogP contribution is -2.23. The highest BCUT2D eigenvalue weighted by atomic mass is 127. The molecule has 0 unspecified atom stereocenters. The van der Waals surface area contributed by atoms with Crippen molar-refractivity contribution >= 4 is 35.6 Å². The second kappa shape index (κ2) is 8.59. The van der Waals surface area contributed by atoms with Gasteiger partial charge in [-0.3, -0.25) is 4.99 Å². The van der Waals surface area contributed by atoms with Crippen molar-refractivity contribution in [2.45, 2.75) is 44.7 Å². The molecule has 1 aromatic rings. The van der Waals surface area contributed by atoms with Crippen molar-refractivity contribution in [3.63, 3.8) is 0 Å². The summed E-state index contributed by atoms with van der Waals surface area (Å²) in [5.74, 6) is 0.250. The van der Waals surface area contributed by atoms with Crippen LogP contribution in [0.1, 0.15) is 36.8 Å². The maximum absolute atomic E-state index is 12.0. The standard InChI is InChI=1S/C15H20F3N3.HI/c16-15(17,18)8-1-2-9-20-14(19)21-13-7-6-11-4-3-5-12(11)10-13;/h6-7,10H,1-5,8-9H2,(H3,19,20,21);1H. The minimum Gasteiger partial charge on any atom is -0.370 e. The lowest BCUT2D eigenvalue weighted by Gasteiger charge is -2.08. The first kappa shape index (κ1) is 19.1. The number of alkyl halides is 3. The van der Waals surface area contributed by atoms with Gasteiger partial charge in [-0.2, -0.15) is 13.2 Å². The van der Waals surface area contributed by atoms with Gasteiger partial charge in [-0.1, -0.05) is 6.07 Å². The lowest BCUT2D eigenvalue weighted by molar-refractivity contribution is -0.135. The molecule has 0 spiro atoms. The molecular weight excluding hydrogens is 406 g/mol. The number of hydrogen-bond donors (Lipinski definition) is 2. The smallest absolute Gasteiger partial charge is 0.370 e. The maximum Gasteiger partial charge on any atom is 0.389 e. The molecule has 0 saturated heterocycles. The molecule has 0 aromatic heterocycles. The van der Waals surface area contributed by atoms with Crippen LogP contribution in [-0.4, -0.2) is 18.7 Å². The molecule has 3 nitrogen and oxygen atoms in total. The van der Waals surface area contributed by atoms with Crippen LogP contribution in [0.2, 0.25) is 0 Å². The van der Waals surface area contributed by atoms with Gasteiger partial charge in [0.05, 0.1) is 0 Å². The predicted molar refractivity (Wildman–Crippen MR) is 93.9 cm³/mol. The highest BCUT2D eigenvalue weighted by Crippen LogP contribution is 2.25. The van der Waals surface area contributed by atoms with E-state index in [1.54, 1.807) is 0 Å². The number of hydrogen-bond acceptors (Lipinski definition) is 1. The number of nitrogens with two attached hydrogens (primary N) is 1. The summed E-state index contributed by atoms with van der Waals surface area (Å²) in [6.45, 7) is 0.305. The Morgan fingerprint density at radius 1 is 1.18 bits per heavy atom. The molecule has 0 bridgehead atoms. The topological polar surface area (TPSA) is 50.4 Å². The van der Waals surface area contributed by atoms with Gasteiger partial charge in [-0.25, -0.2) is 0 Å². The van der Waals surface area contributed by atoms with Crippen LogP contribution >= 0.6 is 24.0 Å². The fourth-order valence-corrected chi connectivity index (χ4v) is 2.47. The fourth-order valence-electron chi connectivity index (χ4n) is 2.47. The van der Waals surface area contributed by atoms with Crippen LogP contribution in [0.5, 0.6) is 0 Å². The third-order valence-electron chi connectivity index (χ3n) is 3.52. The van der Waals surface area contributed by atoms with Crippen molar-refractivity contribution in [3.05, 3.63) is 29.3 Å². The van der Waals surface area contributed by atoms with E-state index in [-0.39, 0.29) is 36.4 Å². The summed E-state index contributed by atoms with van der Waals surface area (Å²) in [6.07, 6.45) is -0.997. The Labute approximate surface area is 145 Å². The molecule has 124 valence electrons. The Balaban J connectivity index is 0.00000242. The molecule has 1 aliphatic rings. The van der Waals surface area contributed by atoms with Crippen molar-refractivity contribution in [2.24, 2.45) is 10.7 Å². The van der Waals surface area contributed by atoms with Gasteiger partial charge in [0.1, 0.15) is 0 Å². The second-order valence-corrected chi connectivity index (χ2v) is 5.30. The molecule has 0 saturated carbocycles. The number of unbranched alkanes of at least 4 members (excludes halogenated alkanes) is 1. The zero-order valence-electron chi connectivity index (χ0n) is 12.2. The van der Waals surface area contributed by atoms with Crippen LogP contribution in [0.15, 0.2) is 23.2 Å². The summed E-state index contributed by atoms with van der Waals surface area (Å²) in [5.41, 5.74) is 9.33. The van der Waals surface area contributed by atoms with E-state index in [2.05, 4.69) is 22.4 Å². The van der Waals surface area contributed by atoms with Crippen LogP contribution in [0.25, 0.3) is 0 Å². The van der Waals surface area contributed by atoms with Gasteiger partial charge in [-0.05, 0) is 55.4 Å². The summed E-state index contributed by atoms with van der Waals surface area (Å²) >= 11 is 0. The zero-order chi connectivity index (χ0) is 15.3. The molecule has 22 heavy (non-hydrogen) atoms. The highest BCUT2D eigenvalue weighted by molar-refractivity contribution is 14.0. The van der Waals surface area contributed by atoms with E-state index in [1.807, 2.05) is 6.07 Å². The van der Waals surface area contributed by atoms with Gasteiger partial charge in [0.15, 0.2) is 5.96 Å². The van der Waals surface area contributed by atoms with Gasteiger partial charge in [-0.15, -0.1) is 24.0 Å². The van der Waals surface area contributed by atoms with Crippen molar-refractivity contribution < 1.29 is 13.2 Å². The zero-order valence-corrected chi connectivity index (χ0v) is 14.6. The molecule has 2 rings (SSSR count). The van der Waals surface area contributed by atoms with Gasteiger partial charge in [0.2, 0.25) is 0 Å². The Kier molecular flexibility index (Phi) is 7.44. The number of rotatable bonds is 5. The average molecular weight is 427 g/mol. The van der Waals surface area contributed by atoms with Crippen molar-refractivity contribution in [3.8, 4) is 0 Å². The molecule has 1 aromatic carbocycles. The second-order valence-electron chi connectivity index (χ2n) is 5.30. The molecule has 7 heteroatoms. The molecular formula is C15H21F3IN3. The number of fused-ring (bicyclic) bond motifs is 1. The van der Waals surface area contributed by atoms with Crippen molar-refractivity contribution in [1.29, 1.82) is 0 Å². The predicted octanol–water partition coefficient (Wildman–Crippen LogP) is 4.25. The Morgan fingerprint density at radius 3 is 2.64 bits per heavy atom. The minimum atomic E-state index is -4.09. The van der Waals surface area contributed by atoms with Crippen LogP contribution in [0.4, 0.5) is 18.9 Å². The van der Waals surface area contributed by atoms with E-state index in [9.17, 15) is 13.2 Å². The first-order valence-electron chi connectivity index (χ1n) is 7.19. The monoisotopic (exact) mass is 427 g/mol. The summed E-state index contributed by atoms with van der Waals surface area (Å²) < 4.78 is 35.9. The Bertz CT molecular complexity index is 515. The lowest BCUT2D eigenvalue weighted by atomic mass is 10.1. The first-order chi connectivity index (χ1) is 9.94. The number of anilines is 1.